The Morgan fingerprint density at radius 3 is 2.20 bits per heavy atom. The van der Waals surface area contributed by atoms with E-state index in [2.05, 4.69) is 26.1 Å². The highest BCUT2D eigenvalue weighted by Crippen LogP contribution is 2.11. The summed E-state index contributed by atoms with van der Waals surface area (Å²) in [7, 11) is 0. The maximum absolute atomic E-state index is 11.3. The van der Waals surface area contributed by atoms with Gasteiger partial charge in [-0.2, -0.15) is 0 Å². The molecule has 1 rings (SSSR count). The zero-order chi connectivity index (χ0) is 11.5. The number of nitrogens with zero attached hydrogens (tertiary/aromatic N) is 1. The molecule has 1 aliphatic rings. The first-order valence-corrected chi connectivity index (χ1v) is 5.48. The van der Waals surface area contributed by atoms with Crippen molar-refractivity contribution in [2.45, 2.75) is 45.6 Å². The van der Waals surface area contributed by atoms with Crippen LogP contribution in [0.1, 0.15) is 40.0 Å². The second-order valence-corrected chi connectivity index (χ2v) is 4.97. The van der Waals surface area contributed by atoms with Crippen LogP contribution in [0, 0.1) is 0 Å². The lowest BCUT2D eigenvalue weighted by Crippen LogP contribution is -2.38. The Labute approximate surface area is 91.0 Å². The van der Waals surface area contributed by atoms with Crippen molar-refractivity contribution in [2.24, 2.45) is 0 Å². The fourth-order valence-electron chi connectivity index (χ4n) is 1.57. The second kappa shape index (κ2) is 4.75. The molecule has 0 atom stereocenters. The fourth-order valence-corrected chi connectivity index (χ4v) is 1.57. The third-order valence-corrected chi connectivity index (χ3v) is 2.37. The van der Waals surface area contributed by atoms with Crippen molar-refractivity contribution in [3.05, 3.63) is 0 Å². The van der Waals surface area contributed by atoms with Gasteiger partial charge in [-0.25, -0.2) is 0 Å². The van der Waals surface area contributed by atoms with Crippen LogP contribution in [0.4, 0.5) is 0 Å². The third kappa shape index (κ3) is 4.00. The minimum absolute atomic E-state index is 0.0178. The quantitative estimate of drug-likeness (QED) is 0.556. The number of hydrogen-bond acceptors (Lipinski definition) is 3. The van der Waals surface area contributed by atoms with Gasteiger partial charge in [-0.15, -0.1) is 0 Å². The zero-order valence-electron chi connectivity index (χ0n) is 9.80. The van der Waals surface area contributed by atoms with Crippen LogP contribution in [0.25, 0.3) is 0 Å². The average Bonchev–Trinajstić information content (AvgIpc) is 2.40. The van der Waals surface area contributed by atoms with Crippen molar-refractivity contribution < 1.29 is 9.59 Å². The minimum Gasteiger partial charge on any atom is -0.312 e. The highest BCUT2D eigenvalue weighted by Gasteiger charge is 2.27. The van der Waals surface area contributed by atoms with Crippen LogP contribution < -0.4 is 5.32 Å². The maximum atomic E-state index is 11.3. The molecule has 86 valence electrons. The average molecular weight is 212 g/mol. The van der Waals surface area contributed by atoms with Crippen molar-refractivity contribution in [3.63, 3.8) is 0 Å². The number of carbonyl (C=O) groups excluding carboxylic acids is 2. The molecule has 0 saturated carbocycles. The van der Waals surface area contributed by atoms with Crippen molar-refractivity contribution in [3.8, 4) is 0 Å². The van der Waals surface area contributed by atoms with E-state index >= 15 is 0 Å². The molecule has 0 spiro atoms. The van der Waals surface area contributed by atoms with E-state index in [4.69, 9.17) is 0 Å². The van der Waals surface area contributed by atoms with Gasteiger partial charge in [0, 0.05) is 24.9 Å². The van der Waals surface area contributed by atoms with E-state index in [0.29, 0.717) is 19.4 Å². The molecule has 0 aromatic rings. The normalized spacial score (nSPS) is 17.7. The minimum atomic E-state index is -0.0178. The van der Waals surface area contributed by atoms with E-state index in [1.807, 2.05) is 0 Å². The molecule has 0 radical (unpaired) electrons. The Bertz CT molecular complexity index is 240. The predicted octanol–water partition coefficient (Wildman–Crippen LogP) is 0.914. The highest BCUT2D eigenvalue weighted by atomic mass is 16.2. The molecule has 1 heterocycles. The third-order valence-electron chi connectivity index (χ3n) is 2.37. The van der Waals surface area contributed by atoms with Gasteiger partial charge in [0.05, 0.1) is 0 Å². The predicted molar refractivity (Wildman–Crippen MR) is 58.3 cm³/mol. The molecule has 1 aliphatic heterocycles. The number of carbonyl (C=O) groups is 2. The molecule has 0 aliphatic carbocycles. The van der Waals surface area contributed by atoms with Gasteiger partial charge in [0.2, 0.25) is 11.8 Å². The molecule has 4 heteroatoms. The zero-order valence-corrected chi connectivity index (χ0v) is 9.80. The van der Waals surface area contributed by atoms with Crippen LogP contribution in [0.3, 0.4) is 0 Å². The Hall–Kier alpha value is -0.900. The van der Waals surface area contributed by atoms with Gasteiger partial charge >= 0.3 is 0 Å². The molecular formula is C11H20N2O2. The van der Waals surface area contributed by atoms with Crippen LogP contribution in [0.2, 0.25) is 0 Å². The lowest BCUT2D eigenvalue weighted by atomic mass is 10.1. The summed E-state index contributed by atoms with van der Waals surface area (Å²) in [5.41, 5.74) is 0.0963. The first-order chi connectivity index (χ1) is 6.90. The first-order valence-electron chi connectivity index (χ1n) is 5.48. The monoisotopic (exact) mass is 212 g/mol. The number of imide groups is 1. The molecule has 0 unspecified atom stereocenters. The molecule has 0 aromatic carbocycles. The summed E-state index contributed by atoms with van der Waals surface area (Å²) in [6.07, 6.45) is 1.62. The smallest absolute Gasteiger partial charge is 0.229 e. The van der Waals surface area contributed by atoms with Gasteiger partial charge in [-0.3, -0.25) is 14.5 Å². The number of likely N-dealkylation sites (tertiary alicyclic amines) is 1. The highest BCUT2D eigenvalue weighted by molar-refractivity contribution is 6.01. The first kappa shape index (κ1) is 12.2. The van der Waals surface area contributed by atoms with Crippen molar-refractivity contribution in [1.29, 1.82) is 0 Å². The number of nitrogens with one attached hydrogen (secondary N) is 1. The summed E-state index contributed by atoms with van der Waals surface area (Å²) < 4.78 is 0. The van der Waals surface area contributed by atoms with E-state index < -0.39 is 0 Å². The van der Waals surface area contributed by atoms with Crippen LogP contribution >= 0.6 is 0 Å². The van der Waals surface area contributed by atoms with Crippen LogP contribution in [-0.2, 0) is 9.59 Å². The van der Waals surface area contributed by atoms with E-state index in [1.54, 1.807) is 0 Å². The summed E-state index contributed by atoms with van der Waals surface area (Å²) in [6.45, 7) is 7.68. The fraction of sp³-hybridized carbons (Fsp3) is 0.818. The second-order valence-electron chi connectivity index (χ2n) is 4.97. The van der Waals surface area contributed by atoms with Crippen molar-refractivity contribution >= 4 is 11.8 Å². The van der Waals surface area contributed by atoms with Gasteiger partial charge in [0.15, 0.2) is 0 Å². The molecule has 0 bridgehead atoms. The SMILES string of the molecule is CC(C)(C)NCCCN1C(=O)CCC1=O. The topological polar surface area (TPSA) is 49.4 Å². The molecule has 15 heavy (non-hydrogen) atoms. The van der Waals surface area contributed by atoms with E-state index in [9.17, 15) is 9.59 Å². The van der Waals surface area contributed by atoms with Gasteiger partial charge in [-0.1, -0.05) is 0 Å². The Morgan fingerprint density at radius 2 is 1.73 bits per heavy atom. The summed E-state index contributed by atoms with van der Waals surface area (Å²) in [6, 6.07) is 0. The van der Waals surface area contributed by atoms with Crippen LogP contribution in [0.15, 0.2) is 0 Å². The number of rotatable bonds is 4. The van der Waals surface area contributed by atoms with Crippen LogP contribution in [0.5, 0.6) is 0 Å². The molecule has 1 saturated heterocycles. The maximum Gasteiger partial charge on any atom is 0.229 e. The number of hydrogen-bond donors (Lipinski definition) is 1. The summed E-state index contributed by atoms with van der Waals surface area (Å²) in [5.74, 6) is -0.0356. The summed E-state index contributed by atoms with van der Waals surface area (Å²) in [4.78, 5) is 23.9. The van der Waals surface area contributed by atoms with Crippen molar-refractivity contribution in [1.82, 2.24) is 10.2 Å². The molecular weight excluding hydrogens is 192 g/mol. The van der Waals surface area contributed by atoms with Crippen molar-refractivity contribution in [2.75, 3.05) is 13.1 Å². The molecule has 2 amide bonds. The largest absolute Gasteiger partial charge is 0.312 e. The Kier molecular flexibility index (Phi) is 3.85. The molecule has 4 nitrogen and oxygen atoms in total. The van der Waals surface area contributed by atoms with Gasteiger partial charge in [-0.05, 0) is 33.7 Å². The lowest BCUT2D eigenvalue weighted by Gasteiger charge is -2.21. The van der Waals surface area contributed by atoms with Crippen LogP contribution in [-0.4, -0.2) is 35.3 Å². The molecule has 0 aromatic heterocycles. The van der Waals surface area contributed by atoms with Gasteiger partial charge in [0.25, 0.3) is 0 Å². The summed E-state index contributed by atoms with van der Waals surface area (Å²) >= 11 is 0. The Morgan fingerprint density at radius 1 is 1.20 bits per heavy atom. The van der Waals surface area contributed by atoms with Gasteiger partial charge in [0.1, 0.15) is 0 Å². The standard InChI is InChI=1S/C11H20N2O2/c1-11(2,3)12-7-4-8-13-9(14)5-6-10(13)15/h12H,4-8H2,1-3H3. The number of amides is 2. The summed E-state index contributed by atoms with van der Waals surface area (Å²) in [5, 5.41) is 3.33. The lowest BCUT2D eigenvalue weighted by molar-refractivity contribution is -0.138. The Balaban J connectivity index is 2.20. The van der Waals surface area contributed by atoms with Gasteiger partial charge < -0.3 is 5.32 Å². The van der Waals surface area contributed by atoms with E-state index in [1.165, 1.54) is 4.90 Å². The molecule has 1 N–H and O–H groups in total. The van der Waals surface area contributed by atoms with E-state index in [0.717, 1.165) is 13.0 Å². The molecule has 1 fully saturated rings. The van der Waals surface area contributed by atoms with E-state index in [-0.39, 0.29) is 17.4 Å².